The Labute approximate surface area is 105 Å². The van der Waals surface area contributed by atoms with Crippen molar-refractivity contribution in [2.24, 2.45) is 5.92 Å². The summed E-state index contributed by atoms with van der Waals surface area (Å²) >= 11 is 0. The predicted molar refractivity (Wildman–Crippen MR) is 61.3 cm³/mol. The number of rotatable bonds is 4. The first-order chi connectivity index (χ1) is 8.65. The molecule has 0 saturated carbocycles. The molecule has 0 aromatic rings. The number of amides is 2. The van der Waals surface area contributed by atoms with Gasteiger partial charge in [0.15, 0.2) is 0 Å². The van der Waals surface area contributed by atoms with E-state index in [4.69, 9.17) is 14.6 Å². The lowest BCUT2D eigenvalue weighted by Crippen LogP contribution is -2.55. The van der Waals surface area contributed by atoms with Crippen LogP contribution in [0.2, 0.25) is 0 Å². The molecule has 0 aromatic carbocycles. The minimum Gasteiger partial charge on any atom is -0.481 e. The molecule has 102 valence electrons. The number of carboxylic acid groups (broad SMARTS) is 1. The van der Waals surface area contributed by atoms with Crippen molar-refractivity contribution in [1.29, 1.82) is 0 Å². The molecule has 0 aromatic heterocycles. The van der Waals surface area contributed by atoms with Gasteiger partial charge in [0.2, 0.25) is 0 Å². The largest absolute Gasteiger partial charge is 0.481 e. The Bertz CT molecular complexity index is 311. The van der Waals surface area contributed by atoms with Gasteiger partial charge in [0.05, 0.1) is 32.3 Å². The highest BCUT2D eigenvalue weighted by Gasteiger charge is 2.32. The van der Waals surface area contributed by atoms with Crippen LogP contribution in [0.15, 0.2) is 0 Å². The van der Waals surface area contributed by atoms with Crippen molar-refractivity contribution in [3.8, 4) is 0 Å². The van der Waals surface area contributed by atoms with E-state index in [2.05, 4.69) is 5.32 Å². The van der Waals surface area contributed by atoms with E-state index in [0.717, 1.165) is 0 Å². The second-order valence-corrected chi connectivity index (χ2v) is 4.62. The monoisotopic (exact) mass is 258 g/mol. The molecule has 1 atom stereocenters. The van der Waals surface area contributed by atoms with Crippen molar-refractivity contribution < 1.29 is 24.2 Å². The number of carbonyl (C=O) groups excluding carboxylic acids is 1. The summed E-state index contributed by atoms with van der Waals surface area (Å²) in [4.78, 5) is 23.7. The molecule has 2 aliphatic rings. The minimum absolute atomic E-state index is 0.0845. The summed E-state index contributed by atoms with van der Waals surface area (Å²) in [6.07, 6.45) is 0.0439. The molecule has 2 fully saturated rings. The van der Waals surface area contributed by atoms with Crippen LogP contribution in [0, 0.1) is 5.92 Å². The predicted octanol–water partition coefficient (Wildman–Crippen LogP) is -0.482. The third-order valence-electron chi connectivity index (χ3n) is 3.07. The van der Waals surface area contributed by atoms with Crippen molar-refractivity contribution in [2.75, 3.05) is 39.5 Å². The number of carboxylic acids is 1. The van der Waals surface area contributed by atoms with E-state index in [1.54, 1.807) is 4.90 Å². The number of ether oxygens (including phenoxy) is 2. The zero-order chi connectivity index (χ0) is 13.0. The highest BCUT2D eigenvalue weighted by Crippen LogP contribution is 2.18. The molecule has 0 aliphatic carbocycles. The molecule has 2 aliphatic heterocycles. The van der Waals surface area contributed by atoms with Crippen molar-refractivity contribution in [1.82, 2.24) is 10.2 Å². The fraction of sp³-hybridized carbons (Fsp3) is 0.818. The number of urea groups is 1. The van der Waals surface area contributed by atoms with Crippen LogP contribution in [0.3, 0.4) is 0 Å². The second-order valence-electron chi connectivity index (χ2n) is 4.62. The van der Waals surface area contributed by atoms with E-state index >= 15 is 0 Å². The molecular weight excluding hydrogens is 240 g/mol. The molecule has 1 unspecified atom stereocenters. The fourth-order valence-electron chi connectivity index (χ4n) is 2.08. The number of hydrogen-bond donors (Lipinski definition) is 2. The molecule has 2 saturated heterocycles. The third kappa shape index (κ3) is 3.58. The molecule has 0 bridgehead atoms. The average Bonchev–Trinajstić information content (AvgIpc) is 2.31. The Morgan fingerprint density at radius 1 is 1.33 bits per heavy atom. The Morgan fingerprint density at radius 2 is 2.11 bits per heavy atom. The lowest BCUT2D eigenvalue weighted by Gasteiger charge is -2.38. The van der Waals surface area contributed by atoms with E-state index in [0.29, 0.717) is 39.5 Å². The summed E-state index contributed by atoms with van der Waals surface area (Å²) in [5.74, 6) is -0.727. The number of aliphatic carboxylic acids is 1. The number of likely N-dealkylation sites (tertiary alicyclic amines) is 1. The van der Waals surface area contributed by atoms with Gasteiger partial charge in [-0.05, 0) is 0 Å². The van der Waals surface area contributed by atoms with Crippen LogP contribution in [-0.2, 0) is 14.3 Å². The number of carbonyl (C=O) groups is 2. The van der Waals surface area contributed by atoms with Gasteiger partial charge in [0.1, 0.15) is 0 Å². The fourth-order valence-corrected chi connectivity index (χ4v) is 2.08. The van der Waals surface area contributed by atoms with Crippen molar-refractivity contribution >= 4 is 12.0 Å². The molecular formula is C11H18N2O5. The summed E-state index contributed by atoms with van der Waals surface area (Å²) in [5, 5.41) is 11.4. The molecule has 7 nitrogen and oxygen atoms in total. The Morgan fingerprint density at radius 3 is 2.72 bits per heavy atom. The first-order valence-electron chi connectivity index (χ1n) is 6.09. The lowest BCUT2D eigenvalue weighted by molar-refractivity contribution is -0.139. The molecule has 0 spiro atoms. The second kappa shape index (κ2) is 6.01. The Hall–Kier alpha value is -1.34. The van der Waals surface area contributed by atoms with Crippen LogP contribution in [0.4, 0.5) is 4.79 Å². The molecule has 7 heteroatoms. The maximum absolute atomic E-state index is 11.7. The molecule has 18 heavy (non-hydrogen) atoms. The van der Waals surface area contributed by atoms with E-state index in [1.165, 1.54) is 0 Å². The minimum atomic E-state index is -0.812. The van der Waals surface area contributed by atoms with Gasteiger partial charge in [-0.2, -0.15) is 0 Å². The van der Waals surface area contributed by atoms with E-state index in [-0.39, 0.29) is 24.5 Å². The van der Waals surface area contributed by atoms with Gasteiger partial charge in [-0.25, -0.2) is 4.79 Å². The standard InChI is InChI=1S/C11H18N2O5/c14-10(15)3-8-5-13(6-8)11(16)12-4-9-7-17-1-2-18-9/h8-9H,1-7H2,(H,12,16)(H,14,15). The lowest BCUT2D eigenvalue weighted by atomic mass is 9.97. The van der Waals surface area contributed by atoms with Crippen molar-refractivity contribution in [3.63, 3.8) is 0 Å². The summed E-state index contributed by atoms with van der Waals surface area (Å²) in [6, 6.07) is -0.161. The summed E-state index contributed by atoms with van der Waals surface area (Å²) in [5.41, 5.74) is 0. The summed E-state index contributed by atoms with van der Waals surface area (Å²) < 4.78 is 10.6. The Balaban J connectivity index is 1.60. The maximum atomic E-state index is 11.7. The van der Waals surface area contributed by atoms with Crippen molar-refractivity contribution in [2.45, 2.75) is 12.5 Å². The Kier molecular flexibility index (Phi) is 4.38. The molecule has 0 radical (unpaired) electrons. The average molecular weight is 258 g/mol. The van der Waals surface area contributed by atoms with Crippen molar-refractivity contribution in [3.05, 3.63) is 0 Å². The number of hydrogen-bond acceptors (Lipinski definition) is 4. The van der Waals surface area contributed by atoms with Gasteiger partial charge in [0.25, 0.3) is 0 Å². The van der Waals surface area contributed by atoms with Crippen LogP contribution >= 0.6 is 0 Å². The van der Waals surface area contributed by atoms with E-state index in [9.17, 15) is 9.59 Å². The molecule has 2 N–H and O–H groups in total. The summed E-state index contributed by atoms with van der Waals surface area (Å²) in [6.45, 7) is 3.12. The van der Waals surface area contributed by atoms with Gasteiger partial charge in [-0.1, -0.05) is 0 Å². The molecule has 2 heterocycles. The van der Waals surface area contributed by atoms with Gasteiger partial charge in [0, 0.05) is 25.6 Å². The zero-order valence-electron chi connectivity index (χ0n) is 10.1. The topological polar surface area (TPSA) is 88.1 Å². The van der Waals surface area contributed by atoms with Crippen LogP contribution < -0.4 is 5.32 Å². The maximum Gasteiger partial charge on any atom is 0.317 e. The molecule has 2 rings (SSSR count). The van der Waals surface area contributed by atoms with Gasteiger partial charge >= 0.3 is 12.0 Å². The van der Waals surface area contributed by atoms with Crippen LogP contribution in [0.25, 0.3) is 0 Å². The highest BCUT2D eigenvalue weighted by molar-refractivity contribution is 5.75. The number of nitrogens with one attached hydrogen (secondary N) is 1. The SMILES string of the molecule is O=C(O)CC1CN(C(=O)NCC2COCCO2)C1. The van der Waals surface area contributed by atoms with Gasteiger partial charge < -0.3 is 24.8 Å². The van der Waals surface area contributed by atoms with E-state index < -0.39 is 5.97 Å². The first-order valence-corrected chi connectivity index (χ1v) is 6.09. The van der Waals surface area contributed by atoms with Crippen LogP contribution in [0.5, 0.6) is 0 Å². The molecule has 2 amide bonds. The van der Waals surface area contributed by atoms with Crippen LogP contribution in [0.1, 0.15) is 6.42 Å². The van der Waals surface area contributed by atoms with E-state index in [1.807, 2.05) is 0 Å². The normalized spacial score (nSPS) is 24.4. The summed E-state index contributed by atoms with van der Waals surface area (Å²) in [7, 11) is 0. The van der Waals surface area contributed by atoms with Gasteiger partial charge in [-0.3, -0.25) is 4.79 Å². The third-order valence-corrected chi connectivity index (χ3v) is 3.07. The number of nitrogens with zero attached hydrogens (tertiary/aromatic N) is 1. The quantitative estimate of drug-likeness (QED) is 0.711. The first kappa shape index (κ1) is 13.1. The smallest absolute Gasteiger partial charge is 0.317 e. The van der Waals surface area contributed by atoms with Crippen LogP contribution in [-0.4, -0.2) is 67.6 Å². The zero-order valence-corrected chi connectivity index (χ0v) is 10.1. The van der Waals surface area contributed by atoms with Gasteiger partial charge in [-0.15, -0.1) is 0 Å². The highest BCUT2D eigenvalue weighted by atomic mass is 16.6.